The molecule has 0 amide bonds. The maximum atomic E-state index is 6.55. The fourth-order valence-corrected chi connectivity index (χ4v) is 4.04. The lowest BCUT2D eigenvalue weighted by Gasteiger charge is -2.28. The highest BCUT2D eigenvalue weighted by molar-refractivity contribution is 6.33. The van der Waals surface area contributed by atoms with Gasteiger partial charge in [-0.15, -0.1) is 0 Å². The van der Waals surface area contributed by atoms with Crippen LogP contribution in [-0.2, 0) is 6.54 Å². The van der Waals surface area contributed by atoms with E-state index in [0.717, 1.165) is 37.2 Å². The van der Waals surface area contributed by atoms with Crippen molar-refractivity contribution in [2.24, 2.45) is 0 Å². The van der Waals surface area contributed by atoms with Crippen LogP contribution in [0.1, 0.15) is 31.7 Å². The Morgan fingerprint density at radius 2 is 2.05 bits per heavy atom. The molecule has 2 unspecified atom stereocenters. The molecule has 2 saturated heterocycles. The summed E-state index contributed by atoms with van der Waals surface area (Å²) in [6, 6.07) is 7.98. The van der Waals surface area contributed by atoms with Crippen LogP contribution >= 0.6 is 11.6 Å². The molecule has 2 atom stereocenters. The first-order chi connectivity index (χ1) is 10.2. The SMILES string of the molecule is CCNCc1ccc(N2CCC3CCC(C2)N3C)c(Cl)c1. The van der Waals surface area contributed by atoms with Crippen LogP contribution in [-0.4, -0.2) is 43.7 Å². The smallest absolute Gasteiger partial charge is 0.0642 e. The summed E-state index contributed by atoms with van der Waals surface area (Å²) >= 11 is 6.55. The standard InChI is InChI=1S/C17H26ClN3/c1-3-19-11-13-4-7-17(16(18)10-13)21-9-8-14-5-6-15(12-21)20(14)2/h4,7,10,14-15,19H,3,5-6,8-9,11-12H2,1-2H3. The van der Waals surface area contributed by atoms with E-state index in [4.69, 9.17) is 11.6 Å². The lowest BCUT2D eigenvalue weighted by atomic mass is 10.1. The van der Waals surface area contributed by atoms with Crippen molar-refractivity contribution >= 4 is 17.3 Å². The fourth-order valence-electron chi connectivity index (χ4n) is 3.71. The Bertz CT molecular complexity index is 491. The molecule has 1 aromatic carbocycles. The second-order valence-corrected chi connectivity index (χ2v) is 6.76. The monoisotopic (exact) mass is 307 g/mol. The average molecular weight is 308 g/mol. The summed E-state index contributed by atoms with van der Waals surface area (Å²) in [5, 5.41) is 4.24. The number of hydrogen-bond donors (Lipinski definition) is 1. The molecule has 0 spiro atoms. The summed E-state index contributed by atoms with van der Waals surface area (Å²) in [6.45, 7) is 6.24. The fraction of sp³-hybridized carbons (Fsp3) is 0.647. The minimum absolute atomic E-state index is 0.690. The Kier molecular flexibility index (Phi) is 4.72. The van der Waals surface area contributed by atoms with Gasteiger partial charge in [-0.05, 0) is 50.6 Å². The largest absolute Gasteiger partial charge is 0.369 e. The third kappa shape index (κ3) is 3.20. The van der Waals surface area contributed by atoms with Gasteiger partial charge in [-0.1, -0.05) is 24.6 Å². The van der Waals surface area contributed by atoms with Crippen LogP contribution in [0.3, 0.4) is 0 Å². The van der Waals surface area contributed by atoms with E-state index in [-0.39, 0.29) is 0 Å². The van der Waals surface area contributed by atoms with Crippen LogP contribution < -0.4 is 10.2 Å². The van der Waals surface area contributed by atoms with Crippen LogP contribution in [0.15, 0.2) is 18.2 Å². The van der Waals surface area contributed by atoms with Crippen LogP contribution in [0.2, 0.25) is 5.02 Å². The van der Waals surface area contributed by atoms with Gasteiger partial charge in [0.2, 0.25) is 0 Å². The van der Waals surface area contributed by atoms with Gasteiger partial charge in [0.05, 0.1) is 10.7 Å². The Labute approximate surface area is 133 Å². The van der Waals surface area contributed by atoms with Gasteiger partial charge < -0.3 is 10.2 Å². The first-order valence-corrected chi connectivity index (χ1v) is 8.53. The van der Waals surface area contributed by atoms with Gasteiger partial charge in [0.1, 0.15) is 0 Å². The third-order valence-corrected chi connectivity index (χ3v) is 5.38. The van der Waals surface area contributed by atoms with E-state index in [9.17, 15) is 0 Å². The number of nitrogens with one attached hydrogen (secondary N) is 1. The van der Waals surface area contributed by atoms with Crippen molar-refractivity contribution in [1.82, 2.24) is 10.2 Å². The number of anilines is 1. The van der Waals surface area contributed by atoms with Crippen molar-refractivity contribution in [2.75, 3.05) is 31.6 Å². The second-order valence-electron chi connectivity index (χ2n) is 6.35. The van der Waals surface area contributed by atoms with Crippen LogP contribution in [0.5, 0.6) is 0 Å². The molecule has 3 rings (SSSR count). The molecular formula is C17H26ClN3. The summed E-state index contributed by atoms with van der Waals surface area (Å²) in [7, 11) is 2.28. The molecule has 2 aliphatic rings. The molecule has 0 radical (unpaired) electrons. The van der Waals surface area contributed by atoms with Gasteiger partial charge >= 0.3 is 0 Å². The summed E-state index contributed by atoms with van der Waals surface area (Å²) < 4.78 is 0. The summed E-state index contributed by atoms with van der Waals surface area (Å²) in [4.78, 5) is 5.06. The Morgan fingerprint density at radius 1 is 1.24 bits per heavy atom. The zero-order valence-electron chi connectivity index (χ0n) is 13.1. The van der Waals surface area contributed by atoms with E-state index in [1.54, 1.807) is 0 Å². The lowest BCUT2D eigenvalue weighted by molar-refractivity contribution is 0.254. The molecule has 1 N–H and O–H groups in total. The molecule has 0 aromatic heterocycles. The molecule has 21 heavy (non-hydrogen) atoms. The maximum absolute atomic E-state index is 6.55. The summed E-state index contributed by atoms with van der Waals surface area (Å²) in [6.07, 6.45) is 3.95. The number of nitrogens with zero attached hydrogens (tertiary/aromatic N) is 2. The van der Waals surface area contributed by atoms with Crippen molar-refractivity contribution in [1.29, 1.82) is 0 Å². The summed E-state index contributed by atoms with van der Waals surface area (Å²) in [5.41, 5.74) is 2.47. The Morgan fingerprint density at radius 3 is 2.81 bits per heavy atom. The van der Waals surface area contributed by atoms with Gasteiger partial charge in [-0.25, -0.2) is 0 Å². The summed E-state index contributed by atoms with van der Waals surface area (Å²) in [5.74, 6) is 0. The number of fused-ring (bicyclic) bond motifs is 2. The molecular weight excluding hydrogens is 282 g/mol. The highest BCUT2D eigenvalue weighted by atomic mass is 35.5. The van der Waals surface area contributed by atoms with Crippen LogP contribution in [0.25, 0.3) is 0 Å². The molecule has 2 bridgehead atoms. The van der Waals surface area contributed by atoms with E-state index < -0.39 is 0 Å². The quantitative estimate of drug-likeness (QED) is 0.922. The van der Waals surface area contributed by atoms with Gasteiger partial charge in [0, 0.05) is 31.7 Å². The molecule has 4 heteroatoms. The van der Waals surface area contributed by atoms with Gasteiger partial charge in [-0.2, -0.15) is 0 Å². The van der Waals surface area contributed by atoms with E-state index in [1.807, 2.05) is 0 Å². The first-order valence-electron chi connectivity index (χ1n) is 8.15. The number of rotatable bonds is 4. The first kappa shape index (κ1) is 15.1. The van der Waals surface area contributed by atoms with E-state index >= 15 is 0 Å². The molecule has 116 valence electrons. The Balaban J connectivity index is 1.74. The number of hydrogen-bond acceptors (Lipinski definition) is 3. The Hall–Kier alpha value is -0.770. The predicted octanol–water partition coefficient (Wildman–Crippen LogP) is 3.12. The van der Waals surface area contributed by atoms with Crippen molar-refractivity contribution in [3.8, 4) is 0 Å². The minimum atomic E-state index is 0.690. The van der Waals surface area contributed by atoms with Crippen LogP contribution in [0.4, 0.5) is 5.69 Å². The van der Waals surface area contributed by atoms with E-state index in [0.29, 0.717) is 6.04 Å². The van der Waals surface area contributed by atoms with Crippen molar-refractivity contribution < 1.29 is 0 Å². The zero-order valence-corrected chi connectivity index (χ0v) is 13.9. The average Bonchev–Trinajstić information content (AvgIpc) is 2.71. The molecule has 1 aromatic rings. The molecule has 3 nitrogen and oxygen atoms in total. The third-order valence-electron chi connectivity index (χ3n) is 5.08. The normalized spacial score (nSPS) is 26.1. The zero-order chi connectivity index (χ0) is 14.8. The molecule has 0 aliphatic carbocycles. The predicted molar refractivity (Wildman–Crippen MR) is 90.2 cm³/mol. The molecule has 2 aliphatic heterocycles. The van der Waals surface area contributed by atoms with Crippen molar-refractivity contribution in [3.63, 3.8) is 0 Å². The van der Waals surface area contributed by atoms with Crippen molar-refractivity contribution in [3.05, 3.63) is 28.8 Å². The lowest BCUT2D eigenvalue weighted by Crippen LogP contribution is -2.36. The van der Waals surface area contributed by atoms with E-state index in [2.05, 4.69) is 47.3 Å². The maximum Gasteiger partial charge on any atom is 0.0642 e. The van der Waals surface area contributed by atoms with Crippen molar-refractivity contribution in [2.45, 2.75) is 44.8 Å². The molecule has 2 heterocycles. The minimum Gasteiger partial charge on any atom is -0.369 e. The number of halogens is 1. The highest BCUT2D eigenvalue weighted by Gasteiger charge is 2.34. The number of benzene rings is 1. The van der Waals surface area contributed by atoms with Gasteiger partial charge in [-0.3, -0.25) is 4.90 Å². The highest BCUT2D eigenvalue weighted by Crippen LogP contribution is 2.33. The number of likely N-dealkylation sites (N-methyl/N-ethyl adjacent to an activating group) is 1. The molecule has 0 saturated carbocycles. The second kappa shape index (κ2) is 6.55. The molecule has 2 fully saturated rings. The van der Waals surface area contributed by atoms with E-state index in [1.165, 1.54) is 30.5 Å². The topological polar surface area (TPSA) is 18.5 Å². The van der Waals surface area contributed by atoms with Gasteiger partial charge in [0.25, 0.3) is 0 Å². The van der Waals surface area contributed by atoms with Gasteiger partial charge in [0.15, 0.2) is 0 Å². The van der Waals surface area contributed by atoms with Crippen LogP contribution in [0, 0.1) is 0 Å².